The van der Waals surface area contributed by atoms with E-state index >= 15 is 0 Å². The lowest BCUT2D eigenvalue weighted by atomic mass is 10.0. The van der Waals surface area contributed by atoms with Crippen LogP contribution in [-0.2, 0) is 0 Å². The minimum Gasteiger partial charge on any atom is -0.374 e. The van der Waals surface area contributed by atoms with E-state index in [9.17, 15) is 0 Å². The molecular formula is C19H28BrNSi. The lowest BCUT2D eigenvalue weighted by Gasteiger charge is -2.39. The highest BCUT2D eigenvalue weighted by atomic mass is 79.9. The highest BCUT2D eigenvalue weighted by Gasteiger charge is 2.40. The van der Waals surface area contributed by atoms with Gasteiger partial charge >= 0.3 is 0 Å². The number of rotatable bonds is 1. The van der Waals surface area contributed by atoms with Crippen LogP contribution in [0.1, 0.15) is 64.0 Å². The van der Waals surface area contributed by atoms with E-state index in [0.29, 0.717) is 16.9 Å². The Bertz CT molecular complexity index is 736. The summed E-state index contributed by atoms with van der Waals surface area (Å²) in [4.78, 5) is 0. The van der Waals surface area contributed by atoms with E-state index < -0.39 is 8.24 Å². The number of aromatic nitrogens is 1. The Labute approximate surface area is 144 Å². The summed E-state index contributed by atoms with van der Waals surface area (Å²) in [5.41, 5.74) is 4.67. The quantitative estimate of drug-likeness (QED) is 0.477. The second-order valence-electron chi connectivity index (χ2n) is 8.66. The van der Waals surface area contributed by atoms with Gasteiger partial charge in [0.1, 0.15) is 0 Å². The van der Waals surface area contributed by atoms with Crippen LogP contribution in [0.5, 0.6) is 0 Å². The van der Waals surface area contributed by atoms with Crippen LogP contribution < -0.4 is 0 Å². The Kier molecular flexibility index (Phi) is 3.69. The second kappa shape index (κ2) is 4.97. The van der Waals surface area contributed by atoms with E-state index in [-0.39, 0.29) is 0 Å². The fraction of sp³-hybridized carbons (Fsp3) is 0.579. The average molecular weight is 378 g/mol. The molecule has 0 unspecified atom stereocenters. The van der Waals surface area contributed by atoms with Crippen LogP contribution in [0.25, 0.3) is 10.9 Å². The third-order valence-electron chi connectivity index (χ3n) is 6.13. The zero-order valence-electron chi connectivity index (χ0n) is 14.9. The maximum absolute atomic E-state index is 3.84. The van der Waals surface area contributed by atoms with Gasteiger partial charge in [0.25, 0.3) is 0 Å². The molecule has 1 aliphatic carbocycles. The van der Waals surface area contributed by atoms with Crippen molar-refractivity contribution in [2.24, 2.45) is 0 Å². The van der Waals surface area contributed by atoms with Crippen molar-refractivity contribution in [3.05, 3.63) is 33.9 Å². The summed E-state index contributed by atoms with van der Waals surface area (Å²) < 4.78 is 3.97. The van der Waals surface area contributed by atoms with E-state index in [1.54, 1.807) is 11.1 Å². The van der Waals surface area contributed by atoms with Gasteiger partial charge in [-0.1, -0.05) is 63.6 Å². The predicted molar refractivity (Wildman–Crippen MR) is 104 cm³/mol. The molecule has 120 valence electrons. The van der Waals surface area contributed by atoms with Gasteiger partial charge < -0.3 is 4.23 Å². The Hall–Kier alpha value is -0.543. The molecule has 1 nitrogen and oxygen atoms in total. The average Bonchev–Trinajstić information content (AvgIpc) is 2.90. The van der Waals surface area contributed by atoms with E-state index in [2.05, 4.69) is 86.2 Å². The molecule has 1 aliphatic rings. The molecule has 1 heterocycles. The summed E-state index contributed by atoms with van der Waals surface area (Å²) >= 11 is 3.84. The van der Waals surface area contributed by atoms with Crippen LogP contribution in [0.15, 0.2) is 22.8 Å². The maximum Gasteiger partial charge on any atom is 0.161 e. The smallest absolute Gasteiger partial charge is 0.161 e. The third-order valence-corrected chi connectivity index (χ3v) is 12.0. The lowest BCUT2D eigenvalue weighted by Crippen LogP contribution is -2.45. The fourth-order valence-electron chi connectivity index (χ4n) is 3.91. The molecule has 0 spiro atoms. The van der Waals surface area contributed by atoms with Crippen LogP contribution in [0.4, 0.5) is 0 Å². The highest BCUT2D eigenvalue weighted by molar-refractivity contribution is 9.10. The third kappa shape index (κ3) is 2.16. The molecule has 1 aromatic heterocycles. The van der Waals surface area contributed by atoms with Gasteiger partial charge in [-0.3, -0.25) is 0 Å². The standard InChI is InChI=1S/C19H28BrNSi/c1-12-10-13(2)17-16(12)15(20)11-14-8-9-21(18(14)17)22(6,7)19(3,4)5/h8-9,11-13H,10H2,1-7H3/t12-,13+/m0/s1. The zero-order valence-corrected chi connectivity index (χ0v) is 17.5. The van der Waals surface area contributed by atoms with Crippen molar-refractivity contribution in [2.45, 2.75) is 71.0 Å². The summed E-state index contributed by atoms with van der Waals surface area (Å²) in [6, 6.07) is 4.66. The minimum atomic E-state index is -1.60. The number of benzene rings is 1. The molecule has 0 saturated carbocycles. The first-order valence-corrected chi connectivity index (χ1v) is 12.1. The Morgan fingerprint density at radius 3 is 2.32 bits per heavy atom. The monoisotopic (exact) mass is 377 g/mol. The van der Waals surface area contributed by atoms with Gasteiger partial charge in [0.2, 0.25) is 0 Å². The topological polar surface area (TPSA) is 4.93 Å². The predicted octanol–water partition coefficient (Wildman–Crippen LogP) is 6.87. The van der Waals surface area contributed by atoms with E-state index in [1.165, 1.54) is 21.8 Å². The molecule has 0 radical (unpaired) electrons. The Morgan fingerprint density at radius 1 is 1.14 bits per heavy atom. The van der Waals surface area contributed by atoms with Crippen LogP contribution in [0.3, 0.4) is 0 Å². The molecule has 2 aromatic rings. The normalized spacial score (nSPS) is 22.4. The van der Waals surface area contributed by atoms with E-state index in [0.717, 1.165) is 0 Å². The molecule has 3 rings (SSSR count). The SMILES string of the molecule is C[C@@H]1C[C@H](C)c2c(Br)cc3ccn([Si](C)(C)C(C)(C)C)c3c21. The van der Waals surface area contributed by atoms with Gasteiger partial charge in [0, 0.05) is 15.4 Å². The highest BCUT2D eigenvalue weighted by Crippen LogP contribution is 2.49. The molecule has 22 heavy (non-hydrogen) atoms. The number of hydrogen-bond acceptors (Lipinski definition) is 0. The van der Waals surface area contributed by atoms with Gasteiger partial charge in [0.15, 0.2) is 8.24 Å². The first-order valence-electron chi connectivity index (χ1n) is 8.39. The lowest BCUT2D eigenvalue weighted by molar-refractivity contribution is 0.660. The van der Waals surface area contributed by atoms with Gasteiger partial charge in [-0.25, -0.2) is 0 Å². The van der Waals surface area contributed by atoms with Gasteiger partial charge in [-0.15, -0.1) is 0 Å². The van der Waals surface area contributed by atoms with Crippen molar-refractivity contribution in [3.8, 4) is 0 Å². The number of halogens is 1. The molecule has 0 bridgehead atoms. The summed E-state index contributed by atoms with van der Waals surface area (Å²) in [5, 5.41) is 1.74. The molecular weight excluding hydrogens is 350 g/mol. The molecule has 0 N–H and O–H groups in total. The maximum atomic E-state index is 3.84. The van der Waals surface area contributed by atoms with Crippen LogP contribution in [0.2, 0.25) is 18.1 Å². The molecule has 0 saturated heterocycles. The van der Waals surface area contributed by atoms with Gasteiger partial charge in [0.05, 0.1) is 0 Å². The largest absolute Gasteiger partial charge is 0.374 e. The van der Waals surface area contributed by atoms with Crippen molar-refractivity contribution in [1.82, 2.24) is 4.23 Å². The van der Waals surface area contributed by atoms with Crippen LogP contribution in [0, 0.1) is 0 Å². The van der Waals surface area contributed by atoms with Crippen molar-refractivity contribution in [1.29, 1.82) is 0 Å². The zero-order chi connectivity index (χ0) is 16.4. The first-order chi connectivity index (χ1) is 10.1. The van der Waals surface area contributed by atoms with Crippen molar-refractivity contribution in [3.63, 3.8) is 0 Å². The summed E-state index contributed by atoms with van der Waals surface area (Å²) in [6.07, 6.45) is 3.63. The summed E-state index contributed by atoms with van der Waals surface area (Å²) in [5.74, 6) is 1.31. The molecule has 0 amide bonds. The summed E-state index contributed by atoms with van der Waals surface area (Å²) in [7, 11) is -1.60. The van der Waals surface area contributed by atoms with Gasteiger partial charge in [-0.05, 0) is 52.8 Å². The fourth-order valence-corrected chi connectivity index (χ4v) is 6.74. The molecule has 0 aliphatic heterocycles. The number of hydrogen-bond donors (Lipinski definition) is 0. The second-order valence-corrected chi connectivity index (χ2v) is 14.6. The van der Waals surface area contributed by atoms with Crippen molar-refractivity contribution < 1.29 is 0 Å². The van der Waals surface area contributed by atoms with Gasteiger partial charge in [-0.2, -0.15) is 0 Å². The Balaban J connectivity index is 2.38. The Morgan fingerprint density at radius 2 is 1.73 bits per heavy atom. The van der Waals surface area contributed by atoms with Crippen LogP contribution >= 0.6 is 15.9 Å². The number of nitrogens with zero attached hydrogens (tertiary/aromatic N) is 1. The van der Waals surface area contributed by atoms with Crippen molar-refractivity contribution in [2.75, 3.05) is 0 Å². The van der Waals surface area contributed by atoms with E-state index in [4.69, 9.17) is 0 Å². The van der Waals surface area contributed by atoms with Crippen LogP contribution in [-0.4, -0.2) is 12.5 Å². The summed E-state index contributed by atoms with van der Waals surface area (Å²) in [6.45, 7) is 17.0. The van der Waals surface area contributed by atoms with Crippen molar-refractivity contribution >= 4 is 35.1 Å². The van der Waals surface area contributed by atoms with E-state index in [1.807, 2.05) is 0 Å². The molecule has 3 heteroatoms. The first kappa shape index (κ1) is 16.3. The molecule has 2 atom stereocenters. The molecule has 0 fully saturated rings. The molecule has 1 aromatic carbocycles. The number of fused-ring (bicyclic) bond motifs is 3. The minimum absolute atomic E-state index is 0.340.